The predicted molar refractivity (Wildman–Crippen MR) is 73.1 cm³/mol. The first-order chi connectivity index (χ1) is 9.02. The van der Waals surface area contributed by atoms with Crippen LogP contribution in [-0.4, -0.2) is 25.6 Å². The normalized spacial score (nSPS) is 11.7. The van der Waals surface area contributed by atoms with Crippen LogP contribution in [0.5, 0.6) is 0 Å². The maximum Gasteiger partial charge on any atom is 0.336 e. The van der Waals surface area contributed by atoms with Crippen LogP contribution in [0.25, 0.3) is 0 Å². The molecule has 0 N–H and O–H groups in total. The number of alkyl halides is 1. The molecule has 0 amide bonds. The third kappa shape index (κ3) is 8.53. The molecule has 0 aromatic heterocycles. The summed E-state index contributed by atoms with van der Waals surface area (Å²) in [5.74, 6) is -0.968. The van der Waals surface area contributed by atoms with Gasteiger partial charge in [0.05, 0.1) is 0 Å². The zero-order valence-corrected chi connectivity index (χ0v) is 12.0. The zero-order valence-electron chi connectivity index (χ0n) is 11.2. The number of esters is 1. The number of unbranched alkanes of at least 4 members (excludes halogenated alkanes) is 5. The number of carbonyl (C=O) groups is 1. The van der Waals surface area contributed by atoms with Crippen LogP contribution in [0.15, 0.2) is 12.7 Å². The van der Waals surface area contributed by atoms with Crippen LogP contribution in [0.2, 0.25) is 0 Å². The topological polar surface area (TPSA) is 60.4 Å². The zero-order chi connectivity index (χ0) is 14.7. The number of ether oxygens (including phenoxy) is 1. The fourth-order valence-electron chi connectivity index (χ4n) is 1.56. The average Bonchev–Trinajstić information content (AvgIpc) is 2.38. The standard InChI is InChI=1S/C13H21FO4S/c1-3-5-6-7-8-9-10-11(14)13(19(16)17)18-12(15)4-2/h4,11H,2-3,5-10H2,1H3. The Bertz CT molecular complexity index is 406. The second kappa shape index (κ2) is 10.7. The van der Waals surface area contributed by atoms with Crippen LogP contribution in [0, 0.1) is 0 Å². The van der Waals surface area contributed by atoms with Crippen molar-refractivity contribution in [3.63, 3.8) is 0 Å². The molecule has 0 saturated carbocycles. The Morgan fingerprint density at radius 2 is 1.84 bits per heavy atom. The minimum atomic E-state index is -2.87. The number of halogens is 1. The summed E-state index contributed by atoms with van der Waals surface area (Å²) in [6.45, 7) is 5.23. The molecule has 0 radical (unpaired) electrons. The van der Waals surface area contributed by atoms with Gasteiger partial charge < -0.3 is 4.74 Å². The van der Waals surface area contributed by atoms with Gasteiger partial charge in [0, 0.05) is 6.08 Å². The van der Waals surface area contributed by atoms with E-state index in [4.69, 9.17) is 0 Å². The highest BCUT2D eigenvalue weighted by Crippen LogP contribution is 2.12. The minimum absolute atomic E-state index is 0.0415. The van der Waals surface area contributed by atoms with Gasteiger partial charge in [-0.3, -0.25) is 0 Å². The van der Waals surface area contributed by atoms with Gasteiger partial charge in [0.2, 0.25) is 0 Å². The quantitative estimate of drug-likeness (QED) is 0.284. The summed E-state index contributed by atoms with van der Waals surface area (Å²) in [7, 11) is -2.87. The number of rotatable bonds is 9. The van der Waals surface area contributed by atoms with Gasteiger partial charge in [0.1, 0.15) is 0 Å². The van der Waals surface area contributed by atoms with Gasteiger partial charge in [-0.05, 0) is 6.42 Å². The van der Waals surface area contributed by atoms with Crippen LogP contribution in [0.3, 0.4) is 0 Å². The van der Waals surface area contributed by atoms with Crippen LogP contribution in [-0.2, 0) is 19.8 Å². The van der Waals surface area contributed by atoms with E-state index in [9.17, 15) is 17.6 Å². The second-order valence-corrected chi connectivity index (χ2v) is 5.07. The summed E-state index contributed by atoms with van der Waals surface area (Å²) < 4.78 is 39.6. The summed E-state index contributed by atoms with van der Waals surface area (Å²) in [6.07, 6.45) is 4.86. The molecule has 4 nitrogen and oxygen atoms in total. The highest BCUT2D eigenvalue weighted by atomic mass is 32.2. The Kier molecular flexibility index (Phi) is 10.1. The lowest BCUT2D eigenvalue weighted by molar-refractivity contribution is -0.130. The number of carbonyl (C=O) groups excluding carboxylic acids is 1. The van der Waals surface area contributed by atoms with E-state index in [1.807, 2.05) is 0 Å². The Morgan fingerprint density at radius 1 is 1.26 bits per heavy atom. The molecular weight excluding hydrogens is 271 g/mol. The fraction of sp³-hybridized carbons (Fsp3) is 0.692. The second-order valence-electron chi connectivity index (χ2n) is 4.20. The molecule has 1 atom stereocenters. The first-order valence-corrected chi connectivity index (χ1v) is 7.54. The molecule has 0 aromatic rings. The van der Waals surface area contributed by atoms with Crippen LogP contribution < -0.4 is 0 Å². The molecular formula is C13H21FO4S. The van der Waals surface area contributed by atoms with Crippen LogP contribution in [0.4, 0.5) is 4.39 Å². The van der Waals surface area contributed by atoms with Crippen molar-refractivity contribution >= 4 is 21.3 Å². The minimum Gasteiger partial charge on any atom is -0.408 e. The van der Waals surface area contributed by atoms with E-state index < -0.39 is 27.5 Å². The Labute approximate surface area is 115 Å². The van der Waals surface area contributed by atoms with Crippen molar-refractivity contribution in [2.24, 2.45) is 0 Å². The van der Waals surface area contributed by atoms with Crippen molar-refractivity contribution in [1.29, 1.82) is 0 Å². The van der Waals surface area contributed by atoms with Gasteiger partial charge in [-0.25, -0.2) is 9.18 Å². The van der Waals surface area contributed by atoms with E-state index in [1.165, 1.54) is 0 Å². The molecule has 0 aliphatic rings. The lowest BCUT2D eigenvalue weighted by Crippen LogP contribution is -2.22. The van der Waals surface area contributed by atoms with Crippen molar-refractivity contribution in [2.75, 3.05) is 0 Å². The summed E-state index contributed by atoms with van der Waals surface area (Å²) >= 11 is 0. The van der Waals surface area contributed by atoms with Gasteiger partial charge >= 0.3 is 5.97 Å². The SMILES string of the molecule is C=CC(=O)OC(C(F)CCCCCCCC)=S(=O)=O. The third-order valence-electron chi connectivity index (χ3n) is 2.60. The first-order valence-electron chi connectivity index (χ1n) is 6.47. The lowest BCUT2D eigenvalue weighted by atomic mass is 10.1. The Balaban J connectivity index is 4.15. The van der Waals surface area contributed by atoms with Crippen molar-refractivity contribution in [2.45, 2.75) is 58.0 Å². The molecule has 0 heterocycles. The molecule has 0 spiro atoms. The smallest absolute Gasteiger partial charge is 0.336 e. The summed E-state index contributed by atoms with van der Waals surface area (Å²) in [4.78, 5) is 10.9. The van der Waals surface area contributed by atoms with E-state index in [2.05, 4.69) is 18.2 Å². The molecule has 110 valence electrons. The maximum atomic E-state index is 13.6. The van der Waals surface area contributed by atoms with Gasteiger partial charge in [-0.1, -0.05) is 52.0 Å². The molecule has 1 unspecified atom stereocenters. The molecule has 0 aliphatic carbocycles. The van der Waals surface area contributed by atoms with Crippen LogP contribution in [0.1, 0.15) is 51.9 Å². The van der Waals surface area contributed by atoms with Crippen molar-refractivity contribution < 1.29 is 22.3 Å². The largest absolute Gasteiger partial charge is 0.408 e. The predicted octanol–water partition coefficient (Wildman–Crippen LogP) is 2.81. The summed E-state index contributed by atoms with van der Waals surface area (Å²) in [5, 5.41) is -0.849. The van der Waals surface area contributed by atoms with Crippen molar-refractivity contribution in [3.05, 3.63) is 12.7 Å². The van der Waals surface area contributed by atoms with E-state index >= 15 is 0 Å². The van der Waals surface area contributed by atoms with E-state index in [1.54, 1.807) is 0 Å². The highest BCUT2D eigenvalue weighted by molar-refractivity contribution is 7.72. The van der Waals surface area contributed by atoms with E-state index in [0.717, 1.165) is 38.2 Å². The molecule has 0 saturated heterocycles. The number of hydrogen-bond acceptors (Lipinski definition) is 4. The van der Waals surface area contributed by atoms with Gasteiger partial charge in [0.25, 0.3) is 15.3 Å². The lowest BCUT2D eigenvalue weighted by Gasteiger charge is -2.08. The molecule has 0 bridgehead atoms. The summed E-state index contributed by atoms with van der Waals surface area (Å²) in [6, 6.07) is 0. The maximum absolute atomic E-state index is 13.6. The summed E-state index contributed by atoms with van der Waals surface area (Å²) in [5.41, 5.74) is 0. The average molecular weight is 292 g/mol. The molecule has 19 heavy (non-hydrogen) atoms. The van der Waals surface area contributed by atoms with Crippen molar-refractivity contribution in [3.8, 4) is 0 Å². The first kappa shape index (κ1) is 17.8. The fourth-order valence-corrected chi connectivity index (χ4v) is 2.04. The highest BCUT2D eigenvalue weighted by Gasteiger charge is 2.20. The molecule has 0 aliphatic heterocycles. The van der Waals surface area contributed by atoms with Crippen molar-refractivity contribution in [1.82, 2.24) is 0 Å². The van der Waals surface area contributed by atoms with Crippen LogP contribution >= 0.6 is 0 Å². The Hall–Kier alpha value is -1.17. The third-order valence-corrected chi connectivity index (χ3v) is 3.27. The molecule has 6 heteroatoms. The van der Waals surface area contributed by atoms with Gasteiger partial charge in [-0.15, -0.1) is 0 Å². The Morgan fingerprint density at radius 3 is 2.37 bits per heavy atom. The van der Waals surface area contributed by atoms with E-state index in [-0.39, 0.29) is 6.42 Å². The number of hydrogen-bond donors (Lipinski definition) is 0. The molecule has 0 rings (SSSR count). The van der Waals surface area contributed by atoms with Gasteiger partial charge in [-0.2, -0.15) is 8.42 Å². The van der Waals surface area contributed by atoms with E-state index in [0.29, 0.717) is 6.42 Å². The molecule has 0 aromatic carbocycles. The van der Waals surface area contributed by atoms with Gasteiger partial charge in [0.15, 0.2) is 6.17 Å². The molecule has 0 fully saturated rings. The monoisotopic (exact) mass is 292 g/mol.